The van der Waals surface area contributed by atoms with Crippen LogP contribution in [-0.2, 0) is 13.0 Å². The van der Waals surface area contributed by atoms with E-state index in [1.54, 1.807) is 0 Å². The minimum Gasteiger partial charge on any atom is -0.312 e. The fraction of sp³-hybridized carbons (Fsp3) is 0.467. The molecule has 1 aromatic carbocycles. The number of nitrogens with one attached hydrogen (secondary N) is 1. The smallest absolute Gasteiger partial charge is 0.154 e. The van der Waals surface area contributed by atoms with E-state index in [1.807, 2.05) is 6.07 Å². The maximum atomic E-state index is 4.42. The molecule has 19 heavy (non-hydrogen) atoms. The number of rotatable bonds is 4. The molecule has 0 fully saturated rings. The van der Waals surface area contributed by atoms with E-state index in [-0.39, 0.29) is 6.04 Å². The summed E-state index contributed by atoms with van der Waals surface area (Å²) in [5.41, 5.74) is 1.26. The topological polar surface area (TPSA) is 42.7 Å². The van der Waals surface area contributed by atoms with E-state index in [0.29, 0.717) is 0 Å². The second-order valence-corrected chi connectivity index (χ2v) is 5.03. The van der Waals surface area contributed by atoms with Crippen LogP contribution in [0.3, 0.4) is 0 Å². The minimum atomic E-state index is 0.179. The summed E-state index contributed by atoms with van der Waals surface area (Å²) in [6.45, 7) is 4.16. The van der Waals surface area contributed by atoms with Crippen LogP contribution in [0.1, 0.15) is 43.0 Å². The monoisotopic (exact) mass is 256 g/mol. The van der Waals surface area contributed by atoms with Crippen molar-refractivity contribution in [2.75, 3.05) is 6.54 Å². The number of hydrogen-bond acceptors (Lipinski definition) is 3. The third-order valence-electron chi connectivity index (χ3n) is 3.68. The van der Waals surface area contributed by atoms with Crippen molar-refractivity contribution in [2.45, 2.75) is 38.8 Å². The van der Waals surface area contributed by atoms with Crippen molar-refractivity contribution in [1.82, 2.24) is 20.1 Å². The molecule has 1 aliphatic heterocycles. The molecule has 0 saturated heterocycles. The standard InChI is InChI=1S/C15H20N4/c1-2-3-9-13-17-18-15-14(16-10-11-19(13)15)12-7-5-4-6-8-12/h4-8,14,16H,2-3,9-11H2,1H3. The molecule has 3 rings (SSSR count). The molecule has 0 amide bonds. The van der Waals surface area contributed by atoms with Crippen LogP contribution in [-0.4, -0.2) is 21.3 Å². The van der Waals surface area contributed by atoms with Crippen LogP contribution in [0.2, 0.25) is 0 Å². The van der Waals surface area contributed by atoms with Gasteiger partial charge >= 0.3 is 0 Å². The summed E-state index contributed by atoms with van der Waals surface area (Å²) in [7, 11) is 0. The van der Waals surface area contributed by atoms with Crippen LogP contribution >= 0.6 is 0 Å². The summed E-state index contributed by atoms with van der Waals surface area (Å²) < 4.78 is 2.30. The highest BCUT2D eigenvalue weighted by Crippen LogP contribution is 2.24. The van der Waals surface area contributed by atoms with Gasteiger partial charge in [0.25, 0.3) is 0 Å². The first-order valence-electron chi connectivity index (χ1n) is 7.10. The van der Waals surface area contributed by atoms with Crippen molar-refractivity contribution in [3.8, 4) is 0 Å². The van der Waals surface area contributed by atoms with Crippen LogP contribution in [0.15, 0.2) is 30.3 Å². The Balaban J connectivity index is 1.91. The first-order chi connectivity index (χ1) is 9.40. The third kappa shape index (κ3) is 2.40. The zero-order chi connectivity index (χ0) is 13.1. The van der Waals surface area contributed by atoms with Crippen molar-refractivity contribution in [3.63, 3.8) is 0 Å². The third-order valence-corrected chi connectivity index (χ3v) is 3.68. The quantitative estimate of drug-likeness (QED) is 0.913. The van der Waals surface area contributed by atoms with Gasteiger partial charge in [0.15, 0.2) is 5.82 Å². The number of unbranched alkanes of at least 4 members (excludes halogenated alkanes) is 1. The Morgan fingerprint density at radius 2 is 2.11 bits per heavy atom. The Labute approximate surface area is 113 Å². The maximum absolute atomic E-state index is 4.42. The van der Waals surface area contributed by atoms with E-state index in [2.05, 4.69) is 51.3 Å². The number of fused-ring (bicyclic) bond motifs is 1. The molecule has 0 radical (unpaired) electrons. The molecule has 1 N–H and O–H groups in total. The van der Waals surface area contributed by atoms with Gasteiger partial charge in [-0.05, 0) is 12.0 Å². The molecule has 1 aromatic heterocycles. The van der Waals surface area contributed by atoms with Crippen molar-refractivity contribution in [2.24, 2.45) is 0 Å². The Kier molecular flexibility index (Phi) is 3.60. The maximum Gasteiger partial charge on any atom is 0.154 e. The summed E-state index contributed by atoms with van der Waals surface area (Å²) >= 11 is 0. The number of benzene rings is 1. The summed E-state index contributed by atoms with van der Waals surface area (Å²) in [6, 6.07) is 10.7. The normalized spacial score (nSPS) is 18.3. The molecule has 4 heteroatoms. The number of nitrogens with zero attached hydrogens (tertiary/aromatic N) is 3. The fourth-order valence-corrected chi connectivity index (χ4v) is 2.65. The Morgan fingerprint density at radius 1 is 1.26 bits per heavy atom. The summed E-state index contributed by atoms with van der Waals surface area (Å²) in [4.78, 5) is 0. The number of hydrogen-bond donors (Lipinski definition) is 1. The highest BCUT2D eigenvalue weighted by molar-refractivity contribution is 5.26. The molecule has 100 valence electrons. The lowest BCUT2D eigenvalue weighted by molar-refractivity contribution is 0.446. The van der Waals surface area contributed by atoms with Crippen LogP contribution in [0.4, 0.5) is 0 Å². The molecule has 0 spiro atoms. The van der Waals surface area contributed by atoms with Gasteiger partial charge in [-0.1, -0.05) is 43.7 Å². The van der Waals surface area contributed by atoms with Crippen molar-refractivity contribution in [3.05, 3.63) is 47.5 Å². The lowest BCUT2D eigenvalue weighted by Gasteiger charge is -2.25. The van der Waals surface area contributed by atoms with E-state index >= 15 is 0 Å². The van der Waals surface area contributed by atoms with Crippen molar-refractivity contribution < 1.29 is 0 Å². The molecule has 0 bridgehead atoms. The first kappa shape index (κ1) is 12.4. The van der Waals surface area contributed by atoms with Crippen LogP contribution < -0.4 is 5.32 Å². The zero-order valence-corrected chi connectivity index (χ0v) is 11.3. The van der Waals surface area contributed by atoms with Gasteiger partial charge in [-0.15, -0.1) is 10.2 Å². The van der Waals surface area contributed by atoms with Crippen LogP contribution in [0.5, 0.6) is 0 Å². The largest absolute Gasteiger partial charge is 0.312 e. The predicted molar refractivity (Wildman–Crippen MR) is 74.9 cm³/mol. The molecular formula is C15H20N4. The Hall–Kier alpha value is -1.68. The van der Waals surface area contributed by atoms with Gasteiger partial charge < -0.3 is 9.88 Å². The number of aryl methyl sites for hydroxylation is 1. The molecule has 1 aliphatic rings. The van der Waals surface area contributed by atoms with Gasteiger partial charge in [0.1, 0.15) is 5.82 Å². The molecule has 4 nitrogen and oxygen atoms in total. The van der Waals surface area contributed by atoms with Gasteiger partial charge in [-0.3, -0.25) is 0 Å². The van der Waals surface area contributed by atoms with E-state index in [9.17, 15) is 0 Å². The van der Waals surface area contributed by atoms with E-state index in [0.717, 1.165) is 31.2 Å². The molecule has 0 aliphatic carbocycles. The molecule has 2 heterocycles. The zero-order valence-electron chi connectivity index (χ0n) is 11.3. The lowest BCUT2D eigenvalue weighted by Crippen LogP contribution is -2.34. The summed E-state index contributed by atoms with van der Waals surface area (Å²) in [6.07, 6.45) is 3.41. The van der Waals surface area contributed by atoms with Crippen LogP contribution in [0.25, 0.3) is 0 Å². The minimum absolute atomic E-state index is 0.179. The fourth-order valence-electron chi connectivity index (χ4n) is 2.65. The van der Waals surface area contributed by atoms with Crippen molar-refractivity contribution in [1.29, 1.82) is 0 Å². The summed E-state index contributed by atoms with van der Waals surface area (Å²) in [5.74, 6) is 2.20. The second kappa shape index (κ2) is 5.53. The van der Waals surface area contributed by atoms with Crippen molar-refractivity contribution >= 4 is 0 Å². The lowest BCUT2D eigenvalue weighted by atomic mass is 10.0. The highest BCUT2D eigenvalue weighted by atomic mass is 15.3. The highest BCUT2D eigenvalue weighted by Gasteiger charge is 2.25. The molecular weight excluding hydrogens is 236 g/mol. The predicted octanol–water partition coefficient (Wildman–Crippen LogP) is 2.31. The van der Waals surface area contributed by atoms with Crippen LogP contribution in [0, 0.1) is 0 Å². The van der Waals surface area contributed by atoms with E-state index < -0.39 is 0 Å². The SMILES string of the molecule is CCCCc1nnc2n1CCNC2c1ccccc1. The van der Waals surface area contributed by atoms with Gasteiger partial charge in [-0.25, -0.2) is 0 Å². The Morgan fingerprint density at radius 3 is 2.89 bits per heavy atom. The second-order valence-electron chi connectivity index (χ2n) is 5.03. The molecule has 2 aromatic rings. The molecule has 1 atom stereocenters. The van der Waals surface area contributed by atoms with E-state index in [1.165, 1.54) is 18.4 Å². The average molecular weight is 256 g/mol. The van der Waals surface area contributed by atoms with Gasteiger partial charge in [0, 0.05) is 19.5 Å². The van der Waals surface area contributed by atoms with Gasteiger partial charge in [0.2, 0.25) is 0 Å². The first-order valence-corrected chi connectivity index (χ1v) is 7.10. The Bertz CT molecular complexity index is 532. The molecule has 1 unspecified atom stereocenters. The summed E-state index contributed by atoms with van der Waals surface area (Å²) in [5, 5.41) is 12.3. The van der Waals surface area contributed by atoms with Gasteiger partial charge in [-0.2, -0.15) is 0 Å². The number of aromatic nitrogens is 3. The average Bonchev–Trinajstić information content (AvgIpc) is 2.89. The molecule has 0 saturated carbocycles. The van der Waals surface area contributed by atoms with Gasteiger partial charge in [0.05, 0.1) is 6.04 Å². The van der Waals surface area contributed by atoms with E-state index in [4.69, 9.17) is 0 Å².